The van der Waals surface area contributed by atoms with Gasteiger partial charge in [-0.15, -0.1) is 16.4 Å². The molecule has 0 fully saturated rings. The molecule has 4 aromatic heterocycles. The Kier molecular flexibility index (Phi) is 6.87. The van der Waals surface area contributed by atoms with E-state index in [4.69, 9.17) is 4.42 Å². The number of thiophene rings is 1. The summed E-state index contributed by atoms with van der Waals surface area (Å²) in [6, 6.07) is 16.0. The van der Waals surface area contributed by atoms with Gasteiger partial charge in [-0.2, -0.15) is 0 Å². The monoisotopic (exact) mass is 488 g/mol. The Balaban J connectivity index is 1.52. The zero-order valence-corrected chi connectivity index (χ0v) is 20.7. The van der Waals surface area contributed by atoms with Gasteiger partial charge < -0.3 is 9.40 Å². The van der Waals surface area contributed by atoms with Crippen LogP contribution in [0.1, 0.15) is 53.4 Å². The maximum atomic E-state index is 13.1. The summed E-state index contributed by atoms with van der Waals surface area (Å²) in [5.41, 5.74) is 2.64. The van der Waals surface area contributed by atoms with E-state index in [1.807, 2.05) is 31.2 Å². The fourth-order valence-corrected chi connectivity index (χ4v) is 5.17. The predicted molar refractivity (Wildman–Crippen MR) is 136 cm³/mol. The van der Waals surface area contributed by atoms with E-state index < -0.39 is 0 Å². The standard InChI is InChI=1S/C26H28N6O2S/c1-3-6-24(25-28-29-30-32(25)16-21-7-4-11-34-21)31(17-22-8-5-12-35-22)15-20-14-19-10-9-18(2)13-23(19)27-26(20)33/h4-5,7-14,24H,3,6,15-17H2,1-2H3,(H,27,33). The molecule has 0 bridgehead atoms. The number of nitrogens with zero attached hydrogens (tertiary/aromatic N) is 5. The first-order valence-corrected chi connectivity index (χ1v) is 12.7. The molecule has 5 aromatic rings. The van der Waals surface area contributed by atoms with Crippen LogP contribution in [-0.4, -0.2) is 30.1 Å². The van der Waals surface area contributed by atoms with Gasteiger partial charge >= 0.3 is 0 Å². The summed E-state index contributed by atoms with van der Waals surface area (Å²) in [4.78, 5) is 19.7. The van der Waals surface area contributed by atoms with Crippen molar-refractivity contribution in [2.24, 2.45) is 0 Å². The Morgan fingerprint density at radius 2 is 2.09 bits per heavy atom. The molecule has 0 radical (unpaired) electrons. The van der Waals surface area contributed by atoms with Crippen LogP contribution in [0.2, 0.25) is 0 Å². The van der Waals surface area contributed by atoms with E-state index in [-0.39, 0.29) is 11.6 Å². The molecular formula is C26H28N6O2S. The van der Waals surface area contributed by atoms with E-state index in [0.717, 1.165) is 46.5 Å². The van der Waals surface area contributed by atoms with Crippen molar-refractivity contribution < 1.29 is 4.42 Å². The highest BCUT2D eigenvalue weighted by Crippen LogP contribution is 2.29. The van der Waals surface area contributed by atoms with Crippen LogP contribution in [0.25, 0.3) is 10.9 Å². The maximum absolute atomic E-state index is 13.1. The molecule has 0 spiro atoms. The highest BCUT2D eigenvalue weighted by atomic mass is 32.1. The Hall–Kier alpha value is -3.56. The summed E-state index contributed by atoms with van der Waals surface area (Å²) >= 11 is 1.71. The normalized spacial score (nSPS) is 12.5. The lowest BCUT2D eigenvalue weighted by Gasteiger charge is -2.30. The number of fused-ring (bicyclic) bond motifs is 1. The van der Waals surface area contributed by atoms with E-state index >= 15 is 0 Å². The van der Waals surface area contributed by atoms with Gasteiger partial charge in [-0.25, -0.2) is 4.68 Å². The summed E-state index contributed by atoms with van der Waals surface area (Å²) in [7, 11) is 0. The second-order valence-electron chi connectivity index (χ2n) is 8.78. The molecule has 5 rings (SSSR count). The number of nitrogens with one attached hydrogen (secondary N) is 1. The topological polar surface area (TPSA) is 92.8 Å². The number of pyridine rings is 1. The number of furan rings is 1. The van der Waals surface area contributed by atoms with Crippen LogP contribution in [0.15, 0.2) is 69.4 Å². The van der Waals surface area contributed by atoms with E-state index in [1.165, 1.54) is 4.88 Å². The Morgan fingerprint density at radius 3 is 2.86 bits per heavy atom. The van der Waals surface area contributed by atoms with Gasteiger partial charge in [0.1, 0.15) is 12.3 Å². The maximum Gasteiger partial charge on any atom is 0.252 e. The third-order valence-electron chi connectivity index (χ3n) is 6.14. The minimum Gasteiger partial charge on any atom is -0.467 e. The van der Waals surface area contributed by atoms with Crippen molar-refractivity contribution in [1.82, 2.24) is 30.1 Å². The molecule has 1 unspecified atom stereocenters. The molecule has 0 aliphatic rings. The van der Waals surface area contributed by atoms with Gasteiger partial charge in [0.2, 0.25) is 0 Å². The molecule has 35 heavy (non-hydrogen) atoms. The first-order valence-electron chi connectivity index (χ1n) is 11.8. The highest BCUT2D eigenvalue weighted by Gasteiger charge is 2.27. The average molecular weight is 489 g/mol. The number of benzene rings is 1. The van der Waals surface area contributed by atoms with E-state index in [9.17, 15) is 4.79 Å². The highest BCUT2D eigenvalue weighted by molar-refractivity contribution is 7.09. The predicted octanol–water partition coefficient (Wildman–Crippen LogP) is 5.07. The lowest BCUT2D eigenvalue weighted by atomic mass is 10.1. The second kappa shape index (κ2) is 10.4. The van der Waals surface area contributed by atoms with Crippen molar-refractivity contribution in [1.29, 1.82) is 0 Å². The number of hydrogen-bond donors (Lipinski definition) is 1. The van der Waals surface area contributed by atoms with Crippen LogP contribution < -0.4 is 5.56 Å². The molecule has 8 nitrogen and oxygen atoms in total. The van der Waals surface area contributed by atoms with E-state index in [2.05, 4.69) is 62.0 Å². The van der Waals surface area contributed by atoms with Crippen LogP contribution in [-0.2, 0) is 19.6 Å². The third kappa shape index (κ3) is 5.26. The van der Waals surface area contributed by atoms with Crippen molar-refractivity contribution in [2.75, 3.05) is 0 Å². The SMILES string of the molecule is CCCC(c1nnnn1Cc1ccco1)N(Cc1cccs1)Cc1cc2ccc(C)cc2[nH]c1=O. The lowest BCUT2D eigenvalue weighted by Crippen LogP contribution is -2.32. The second-order valence-corrected chi connectivity index (χ2v) is 9.81. The van der Waals surface area contributed by atoms with Gasteiger partial charge in [0.15, 0.2) is 5.82 Å². The number of aromatic amines is 1. The molecular weight excluding hydrogens is 460 g/mol. The summed E-state index contributed by atoms with van der Waals surface area (Å²) in [6.07, 6.45) is 3.46. The summed E-state index contributed by atoms with van der Waals surface area (Å²) in [6.45, 7) is 5.81. The first kappa shape index (κ1) is 23.2. The van der Waals surface area contributed by atoms with Gasteiger partial charge in [0, 0.05) is 29.0 Å². The molecule has 0 saturated carbocycles. The number of aryl methyl sites for hydroxylation is 1. The number of rotatable bonds is 10. The van der Waals surface area contributed by atoms with Crippen molar-refractivity contribution in [3.8, 4) is 0 Å². The molecule has 0 aliphatic carbocycles. The van der Waals surface area contributed by atoms with Gasteiger partial charge in [-0.3, -0.25) is 9.69 Å². The summed E-state index contributed by atoms with van der Waals surface area (Å²) in [5, 5.41) is 15.8. The zero-order chi connectivity index (χ0) is 24.2. The summed E-state index contributed by atoms with van der Waals surface area (Å²) in [5.74, 6) is 1.56. The van der Waals surface area contributed by atoms with Gasteiger partial charge in [0.25, 0.3) is 5.56 Å². The van der Waals surface area contributed by atoms with Gasteiger partial charge in [-0.1, -0.05) is 31.5 Å². The Bertz CT molecular complexity index is 1440. The minimum absolute atomic E-state index is 0.0651. The van der Waals surface area contributed by atoms with Crippen LogP contribution in [0, 0.1) is 6.92 Å². The van der Waals surface area contributed by atoms with E-state index in [1.54, 1.807) is 22.3 Å². The Morgan fingerprint density at radius 1 is 1.17 bits per heavy atom. The number of aromatic nitrogens is 5. The minimum atomic E-state index is -0.0693. The molecule has 4 heterocycles. The zero-order valence-electron chi connectivity index (χ0n) is 19.8. The number of hydrogen-bond acceptors (Lipinski definition) is 7. The fraction of sp³-hybridized carbons (Fsp3) is 0.308. The molecule has 0 saturated heterocycles. The van der Waals surface area contributed by atoms with Crippen molar-refractivity contribution in [2.45, 2.75) is 52.4 Å². The largest absolute Gasteiger partial charge is 0.467 e. The molecule has 9 heteroatoms. The van der Waals surface area contributed by atoms with Gasteiger partial charge in [0.05, 0.1) is 12.3 Å². The average Bonchev–Trinajstić information content (AvgIpc) is 3.62. The third-order valence-corrected chi connectivity index (χ3v) is 7.00. The summed E-state index contributed by atoms with van der Waals surface area (Å²) < 4.78 is 7.33. The fourth-order valence-electron chi connectivity index (χ4n) is 4.44. The lowest BCUT2D eigenvalue weighted by molar-refractivity contribution is 0.157. The smallest absolute Gasteiger partial charge is 0.252 e. The van der Waals surface area contributed by atoms with Crippen molar-refractivity contribution in [3.05, 3.63) is 98.1 Å². The van der Waals surface area contributed by atoms with Crippen LogP contribution in [0.4, 0.5) is 0 Å². The van der Waals surface area contributed by atoms with Crippen LogP contribution >= 0.6 is 11.3 Å². The van der Waals surface area contributed by atoms with Crippen LogP contribution in [0.3, 0.4) is 0 Å². The van der Waals surface area contributed by atoms with Crippen molar-refractivity contribution >= 4 is 22.2 Å². The van der Waals surface area contributed by atoms with Crippen molar-refractivity contribution in [3.63, 3.8) is 0 Å². The molecule has 0 amide bonds. The van der Waals surface area contributed by atoms with E-state index in [0.29, 0.717) is 19.6 Å². The number of H-pyrrole nitrogens is 1. The molecule has 1 N–H and O–H groups in total. The quantitative estimate of drug-likeness (QED) is 0.295. The first-order chi connectivity index (χ1) is 17.1. The van der Waals surface area contributed by atoms with Crippen LogP contribution in [0.5, 0.6) is 0 Å². The molecule has 0 aliphatic heterocycles. The molecule has 180 valence electrons. The Labute approximate surface area is 207 Å². The number of tetrazole rings is 1. The molecule has 1 aromatic carbocycles. The molecule has 1 atom stereocenters. The van der Waals surface area contributed by atoms with Gasteiger partial charge in [-0.05, 0) is 70.4 Å².